The largest absolute Gasteiger partial charge is 0.382 e. The van der Waals surface area contributed by atoms with Crippen LogP contribution < -0.4 is 0 Å². The summed E-state index contributed by atoms with van der Waals surface area (Å²) in [5, 5.41) is 0.765. The molecule has 5 nitrogen and oxygen atoms in total. The van der Waals surface area contributed by atoms with Gasteiger partial charge in [-0.15, -0.1) is 0 Å². The number of carbonyl (C=O) groups excluding carboxylic acids is 1. The standard InChI is InChI=1S/C17H25ClN2O3/c1-19(2)16(21)10-17(13-22-3)12-20(8-9-23-17)11-14-6-4-5-7-15(14)18/h4-7H,8-13H2,1-3H3/t17-/m0/s1. The summed E-state index contributed by atoms with van der Waals surface area (Å²) in [6.45, 7) is 3.17. The lowest BCUT2D eigenvalue weighted by Gasteiger charge is -2.42. The van der Waals surface area contributed by atoms with Crippen molar-refractivity contribution < 1.29 is 14.3 Å². The second-order valence-corrected chi connectivity index (χ2v) is 6.64. The van der Waals surface area contributed by atoms with Crippen molar-refractivity contribution in [2.24, 2.45) is 0 Å². The van der Waals surface area contributed by atoms with Gasteiger partial charge in [-0.3, -0.25) is 9.69 Å². The number of amides is 1. The molecule has 6 heteroatoms. The highest BCUT2D eigenvalue weighted by Gasteiger charge is 2.39. The predicted molar refractivity (Wildman–Crippen MR) is 90.6 cm³/mol. The molecule has 1 aliphatic heterocycles. The molecule has 1 aromatic rings. The smallest absolute Gasteiger partial charge is 0.225 e. The summed E-state index contributed by atoms with van der Waals surface area (Å²) in [6, 6.07) is 7.84. The van der Waals surface area contributed by atoms with Gasteiger partial charge in [0, 0.05) is 45.9 Å². The topological polar surface area (TPSA) is 42.0 Å². The van der Waals surface area contributed by atoms with Gasteiger partial charge in [-0.05, 0) is 11.6 Å². The first-order valence-electron chi connectivity index (χ1n) is 7.74. The molecule has 1 fully saturated rings. The molecule has 0 aliphatic carbocycles. The maximum Gasteiger partial charge on any atom is 0.225 e. The molecule has 0 spiro atoms. The highest BCUT2D eigenvalue weighted by Crippen LogP contribution is 2.26. The Balaban J connectivity index is 2.09. The highest BCUT2D eigenvalue weighted by atomic mass is 35.5. The monoisotopic (exact) mass is 340 g/mol. The molecular formula is C17H25ClN2O3. The number of hydrogen-bond acceptors (Lipinski definition) is 4. The first kappa shape index (κ1) is 18.2. The highest BCUT2D eigenvalue weighted by molar-refractivity contribution is 6.31. The van der Waals surface area contributed by atoms with Crippen molar-refractivity contribution in [3.8, 4) is 0 Å². The van der Waals surface area contributed by atoms with Gasteiger partial charge in [0.05, 0.1) is 19.6 Å². The Labute approximate surface area is 143 Å². The van der Waals surface area contributed by atoms with Gasteiger partial charge in [0.15, 0.2) is 0 Å². The van der Waals surface area contributed by atoms with Crippen molar-refractivity contribution in [3.63, 3.8) is 0 Å². The number of rotatable bonds is 6. The van der Waals surface area contributed by atoms with E-state index in [4.69, 9.17) is 21.1 Å². The fraction of sp³-hybridized carbons (Fsp3) is 0.588. The van der Waals surface area contributed by atoms with E-state index in [9.17, 15) is 4.79 Å². The van der Waals surface area contributed by atoms with Crippen molar-refractivity contribution in [2.45, 2.75) is 18.6 Å². The minimum Gasteiger partial charge on any atom is -0.382 e. The van der Waals surface area contributed by atoms with Gasteiger partial charge in [-0.25, -0.2) is 0 Å². The molecule has 1 saturated heterocycles. The number of hydrogen-bond donors (Lipinski definition) is 0. The van der Waals surface area contributed by atoms with Crippen LogP contribution in [-0.2, 0) is 20.8 Å². The molecule has 0 bridgehead atoms. The van der Waals surface area contributed by atoms with E-state index in [1.54, 1.807) is 26.1 Å². The van der Waals surface area contributed by atoms with Crippen molar-refractivity contribution >= 4 is 17.5 Å². The lowest BCUT2D eigenvalue weighted by atomic mass is 9.96. The van der Waals surface area contributed by atoms with E-state index in [-0.39, 0.29) is 5.91 Å². The number of methoxy groups -OCH3 is 1. The Bertz CT molecular complexity index is 534. The van der Waals surface area contributed by atoms with Crippen molar-refractivity contribution in [2.75, 3.05) is 47.5 Å². The number of ether oxygens (including phenoxy) is 2. The summed E-state index contributed by atoms with van der Waals surface area (Å²) in [7, 11) is 5.15. The third-order valence-corrected chi connectivity index (χ3v) is 4.43. The van der Waals surface area contributed by atoms with Crippen molar-refractivity contribution in [3.05, 3.63) is 34.9 Å². The van der Waals surface area contributed by atoms with Crippen LogP contribution in [0.2, 0.25) is 5.02 Å². The fourth-order valence-corrected chi connectivity index (χ4v) is 3.06. The molecule has 1 atom stereocenters. The van der Waals surface area contributed by atoms with Crippen LogP contribution in [-0.4, -0.2) is 68.8 Å². The number of carbonyl (C=O) groups is 1. The van der Waals surface area contributed by atoms with Gasteiger partial charge in [0.2, 0.25) is 5.91 Å². The molecule has 1 aliphatic rings. The van der Waals surface area contributed by atoms with Gasteiger partial charge in [0.25, 0.3) is 0 Å². The average molecular weight is 341 g/mol. The Morgan fingerprint density at radius 2 is 2.17 bits per heavy atom. The summed E-state index contributed by atoms with van der Waals surface area (Å²) >= 11 is 6.26. The number of benzene rings is 1. The molecule has 0 radical (unpaired) electrons. The molecular weight excluding hydrogens is 316 g/mol. The normalized spacial score (nSPS) is 22.1. The minimum absolute atomic E-state index is 0.0432. The van der Waals surface area contributed by atoms with E-state index in [2.05, 4.69) is 4.90 Å². The summed E-state index contributed by atoms with van der Waals surface area (Å²) < 4.78 is 11.3. The molecule has 1 aromatic carbocycles. The Morgan fingerprint density at radius 3 is 2.83 bits per heavy atom. The van der Waals surface area contributed by atoms with Crippen LogP contribution in [0.5, 0.6) is 0 Å². The maximum atomic E-state index is 12.2. The van der Waals surface area contributed by atoms with Crippen LogP contribution >= 0.6 is 11.6 Å². The number of morpholine rings is 1. The fourth-order valence-electron chi connectivity index (χ4n) is 2.87. The zero-order chi connectivity index (χ0) is 16.9. The lowest BCUT2D eigenvalue weighted by molar-refractivity contribution is -0.160. The molecule has 128 valence electrons. The quantitative estimate of drug-likeness (QED) is 0.794. The summed E-state index contributed by atoms with van der Waals surface area (Å²) in [4.78, 5) is 16.0. The van der Waals surface area contributed by atoms with Crippen LogP contribution in [0.25, 0.3) is 0 Å². The van der Waals surface area contributed by atoms with Gasteiger partial charge in [-0.2, -0.15) is 0 Å². The van der Waals surface area contributed by atoms with E-state index in [0.717, 1.165) is 23.7 Å². The van der Waals surface area contributed by atoms with Gasteiger partial charge in [0.1, 0.15) is 5.60 Å². The minimum atomic E-state index is -0.602. The van der Waals surface area contributed by atoms with Crippen LogP contribution in [0.15, 0.2) is 24.3 Å². The van der Waals surface area contributed by atoms with E-state index in [1.807, 2.05) is 24.3 Å². The summed E-state index contributed by atoms with van der Waals surface area (Å²) in [5.41, 5.74) is 0.483. The molecule has 1 heterocycles. The molecule has 0 saturated carbocycles. The summed E-state index contributed by atoms with van der Waals surface area (Å²) in [6.07, 6.45) is 0.312. The Hall–Kier alpha value is -1.14. The second-order valence-electron chi connectivity index (χ2n) is 6.23. The number of halogens is 1. The van der Waals surface area contributed by atoms with E-state index in [1.165, 1.54) is 0 Å². The molecule has 1 amide bonds. The number of nitrogens with zero attached hydrogens (tertiary/aromatic N) is 2. The molecule has 0 N–H and O–H groups in total. The Kier molecular flexibility index (Phi) is 6.41. The van der Waals surface area contributed by atoms with Crippen LogP contribution in [0, 0.1) is 0 Å². The van der Waals surface area contributed by atoms with Gasteiger partial charge < -0.3 is 14.4 Å². The zero-order valence-corrected chi connectivity index (χ0v) is 14.8. The van der Waals surface area contributed by atoms with Gasteiger partial charge in [-0.1, -0.05) is 29.8 Å². The van der Waals surface area contributed by atoms with Crippen molar-refractivity contribution in [1.82, 2.24) is 9.80 Å². The predicted octanol–water partition coefficient (Wildman–Crippen LogP) is 2.04. The first-order chi connectivity index (χ1) is 11.0. The third kappa shape index (κ3) is 4.91. The molecule has 23 heavy (non-hydrogen) atoms. The van der Waals surface area contributed by atoms with E-state index < -0.39 is 5.60 Å². The summed E-state index contributed by atoms with van der Waals surface area (Å²) in [5.74, 6) is 0.0432. The van der Waals surface area contributed by atoms with Crippen molar-refractivity contribution in [1.29, 1.82) is 0 Å². The lowest BCUT2D eigenvalue weighted by Crippen LogP contribution is -2.55. The molecule has 0 unspecified atom stereocenters. The van der Waals surface area contributed by atoms with Gasteiger partial charge >= 0.3 is 0 Å². The maximum absolute atomic E-state index is 12.2. The zero-order valence-electron chi connectivity index (χ0n) is 14.0. The SMILES string of the molecule is COC[C@]1(CC(=O)N(C)C)CN(Cc2ccccc2Cl)CCO1. The average Bonchev–Trinajstić information content (AvgIpc) is 2.50. The third-order valence-electron chi connectivity index (χ3n) is 4.06. The van der Waals surface area contributed by atoms with E-state index >= 15 is 0 Å². The van der Waals surface area contributed by atoms with Crippen LogP contribution in [0.1, 0.15) is 12.0 Å². The Morgan fingerprint density at radius 1 is 1.43 bits per heavy atom. The molecule has 0 aromatic heterocycles. The molecule has 2 rings (SSSR count). The second kappa shape index (κ2) is 8.11. The van der Waals surface area contributed by atoms with Crippen LogP contribution in [0.3, 0.4) is 0 Å². The van der Waals surface area contributed by atoms with Crippen LogP contribution in [0.4, 0.5) is 0 Å². The first-order valence-corrected chi connectivity index (χ1v) is 8.12. The van der Waals surface area contributed by atoms with E-state index in [0.29, 0.717) is 26.2 Å².